The molecule has 1 N–H and O–H groups in total. The van der Waals surface area contributed by atoms with E-state index in [2.05, 4.69) is 10.5 Å². The Labute approximate surface area is 144 Å². The van der Waals surface area contributed by atoms with Gasteiger partial charge in [-0.1, -0.05) is 5.16 Å². The number of hydrogen-bond donors (Lipinski definition) is 1. The maximum Gasteiger partial charge on any atom is 0.276 e. The van der Waals surface area contributed by atoms with Crippen LogP contribution in [0, 0.1) is 12.7 Å². The zero-order valence-corrected chi connectivity index (χ0v) is 13.9. The molecule has 7 nitrogen and oxygen atoms in total. The molecule has 0 saturated carbocycles. The molecule has 0 spiro atoms. The second-order valence-corrected chi connectivity index (χ2v) is 5.95. The van der Waals surface area contributed by atoms with E-state index in [9.17, 15) is 14.0 Å². The molecule has 1 aromatic heterocycles. The number of aromatic nitrogens is 1. The van der Waals surface area contributed by atoms with Crippen molar-refractivity contribution in [1.29, 1.82) is 0 Å². The molecule has 1 saturated heterocycles. The zero-order chi connectivity index (χ0) is 17.8. The highest BCUT2D eigenvalue weighted by molar-refractivity contribution is 5.93. The summed E-state index contributed by atoms with van der Waals surface area (Å²) in [5, 5.41) is 6.47. The molecule has 0 bridgehead atoms. The zero-order valence-electron chi connectivity index (χ0n) is 13.9. The van der Waals surface area contributed by atoms with Crippen molar-refractivity contribution in [3.8, 4) is 0 Å². The largest absolute Gasteiger partial charge is 0.361 e. The van der Waals surface area contributed by atoms with Crippen LogP contribution in [0.15, 0.2) is 34.9 Å². The van der Waals surface area contributed by atoms with Gasteiger partial charge < -0.3 is 14.7 Å². The molecular formula is C17H19FN4O3. The van der Waals surface area contributed by atoms with E-state index in [1.165, 1.54) is 24.3 Å². The number of rotatable bonds is 4. The minimum atomic E-state index is -0.346. The van der Waals surface area contributed by atoms with Crippen LogP contribution in [0.5, 0.6) is 0 Å². The number of carbonyl (C=O) groups is 2. The molecule has 132 valence electrons. The number of aryl methyl sites for hydroxylation is 1. The Kier molecular flexibility index (Phi) is 5.08. The van der Waals surface area contributed by atoms with Gasteiger partial charge in [0.15, 0.2) is 5.69 Å². The van der Waals surface area contributed by atoms with Crippen LogP contribution in [-0.4, -0.2) is 59.5 Å². The van der Waals surface area contributed by atoms with E-state index in [1.54, 1.807) is 17.9 Å². The van der Waals surface area contributed by atoms with Gasteiger partial charge in [-0.3, -0.25) is 14.5 Å². The highest BCUT2D eigenvalue weighted by Crippen LogP contribution is 2.11. The van der Waals surface area contributed by atoms with Crippen LogP contribution in [0.3, 0.4) is 0 Å². The third-order valence-electron chi connectivity index (χ3n) is 4.00. The molecule has 8 heteroatoms. The van der Waals surface area contributed by atoms with Crippen LogP contribution >= 0.6 is 0 Å². The average Bonchev–Trinajstić information content (AvgIpc) is 3.03. The van der Waals surface area contributed by atoms with E-state index < -0.39 is 0 Å². The molecule has 1 aliphatic rings. The quantitative estimate of drug-likeness (QED) is 0.908. The highest BCUT2D eigenvalue weighted by Gasteiger charge is 2.25. The maximum absolute atomic E-state index is 12.9. The lowest BCUT2D eigenvalue weighted by molar-refractivity contribution is -0.117. The van der Waals surface area contributed by atoms with Crippen LogP contribution < -0.4 is 5.32 Å². The monoisotopic (exact) mass is 346 g/mol. The fraction of sp³-hybridized carbons (Fsp3) is 0.353. The van der Waals surface area contributed by atoms with Gasteiger partial charge in [0, 0.05) is 37.9 Å². The number of piperazine rings is 1. The van der Waals surface area contributed by atoms with Gasteiger partial charge in [0.25, 0.3) is 5.91 Å². The fourth-order valence-electron chi connectivity index (χ4n) is 2.68. The van der Waals surface area contributed by atoms with E-state index in [-0.39, 0.29) is 24.2 Å². The molecule has 3 rings (SSSR count). The summed E-state index contributed by atoms with van der Waals surface area (Å²) in [6.07, 6.45) is 0. The minimum Gasteiger partial charge on any atom is -0.361 e. The average molecular weight is 346 g/mol. The number of anilines is 1. The number of halogens is 1. The molecule has 0 unspecified atom stereocenters. The van der Waals surface area contributed by atoms with E-state index in [0.717, 1.165) is 0 Å². The van der Waals surface area contributed by atoms with Gasteiger partial charge in [-0.25, -0.2) is 4.39 Å². The summed E-state index contributed by atoms with van der Waals surface area (Å²) in [7, 11) is 0. The van der Waals surface area contributed by atoms with Crippen molar-refractivity contribution in [2.75, 3.05) is 38.0 Å². The lowest BCUT2D eigenvalue weighted by Gasteiger charge is -2.33. The molecule has 1 fully saturated rings. The normalized spacial score (nSPS) is 15.2. The summed E-state index contributed by atoms with van der Waals surface area (Å²) in [5.74, 6) is -0.0775. The molecule has 0 atom stereocenters. The molecule has 0 radical (unpaired) electrons. The smallest absolute Gasteiger partial charge is 0.276 e. The molecule has 2 aromatic rings. The number of amides is 2. The first-order chi connectivity index (χ1) is 12.0. The molecular weight excluding hydrogens is 327 g/mol. The lowest BCUT2D eigenvalue weighted by atomic mass is 10.2. The predicted molar refractivity (Wildman–Crippen MR) is 88.6 cm³/mol. The van der Waals surface area contributed by atoms with E-state index in [1.807, 2.05) is 4.90 Å². The number of carbonyl (C=O) groups excluding carboxylic acids is 2. The van der Waals surface area contributed by atoms with Crippen LogP contribution in [0.2, 0.25) is 0 Å². The van der Waals surface area contributed by atoms with Crippen molar-refractivity contribution in [2.45, 2.75) is 6.92 Å². The summed E-state index contributed by atoms with van der Waals surface area (Å²) < 4.78 is 17.8. The van der Waals surface area contributed by atoms with E-state index in [4.69, 9.17) is 4.52 Å². The Hall–Kier alpha value is -2.74. The second kappa shape index (κ2) is 7.43. The lowest BCUT2D eigenvalue weighted by Crippen LogP contribution is -2.50. The van der Waals surface area contributed by atoms with Gasteiger partial charge in [0.05, 0.1) is 6.54 Å². The number of hydrogen-bond acceptors (Lipinski definition) is 5. The fourth-order valence-corrected chi connectivity index (χ4v) is 2.68. The van der Waals surface area contributed by atoms with Crippen LogP contribution in [0.4, 0.5) is 10.1 Å². The summed E-state index contributed by atoms with van der Waals surface area (Å²) in [6, 6.07) is 7.25. The van der Waals surface area contributed by atoms with Crippen LogP contribution in [0.1, 0.15) is 16.2 Å². The maximum atomic E-state index is 12.9. The van der Waals surface area contributed by atoms with Crippen molar-refractivity contribution >= 4 is 17.5 Å². The Morgan fingerprint density at radius 3 is 2.48 bits per heavy atom. The van der Waals surface area contributed by atoms with Crippen molar-refractivity contribution in [3.05, 3.63) is 47.6 Å². The van der Waals surface area contributed by atoms with E-state index >= 15 is 0 Å². The SMILES string of the molecule is Cc1cc(C(=O)N2CCN(CC(=O)Nc3ccc(F)cc3)CC2)no1. The van der Waals surface area contributed by atoms with Gasteiger partial charge in [-0.15, -0.1) is 0 Å². The third-order valence-corrected chi connectivity index (χ3v) is 4.00. The van der Waals surface area contributed by atoms with Crippen LogP contribution in [-0.2, 0) is 4.79 Å². The van der Waals surface area contributed by atoms with E-state index in [0.29, 0.717) is 43.3 Å². The Bertz CT molecular complexity index is 752. The van der Waals surface area contributed by atoms with Crippen molar-refractivity contribution in [3.63, 3.8) is 0 Å². The second-order valence-electron chi connectivity index (χ2n) is 5.95. The van der Waals surface area contributed by atoms with Crippen molar-refractivity contribution in [2.24, 2.45) is 0 Å². The molecule has 0 aliphatic carbocycles. The Morgan fingerprint density at radius 1 is 1.20 bits per heavy atom. The van der Waals surface area contributed by atoms with Gasteiger partial charge in [-0.05, 0) is 31.2 Å². The summed E-state index contributed by atoms with van der Waals surface area (Å²) in [5.41, 5.74) is 0.863. The number of nitrogens with zero attached hydrogens (tertiary/aromatic N) is 3. The molecule has 2 heterocycles. The van der Waals surface area contributed by atoms with Gasteiger partial charge in [0.1, 0.15) is 11.6 Å². The van der Waals surface area contributed by atoms with Crippen LogP contribution in [0.25, 0.3) is 0 Å². The molecule has 25 heavy (non-hydrogen) atoms. The highest BCUT2D eigenvalue weighted by atomic mass is 19.1. The van der Waals surface area contributed by atoms with Crippen molar-refractivity contribution < 1.29 is 18.5 Å². The topological polar surface area (TPSA) is 78.7 Å². The summed E-state index contributed by atoms with van der Waals surface area (Å²) >= 11 is 0. The minimum absolute atomic E-state index is 0.160. The summed E-state index contributed by atoms with van der Waals surface area (Å²) in [6.45, 7) is 4.20. The first-order valence-electron chi connectivity index (χ1n) is 8.01. The molecule has 1 aromatic carbocycles. The third kappa shape index (κ3) is 4.42. The van der Waals surface area contributed by atoms with Crippen molar-refractivity contribution in [1.82, 2.24) is 15.0 Å². The standard InChI is InChI=1S/C17H19FN4O3/c1-12-10-15(20-25-12)17(24)22-8-6-21(7-9-22)11-16(23)19-14-4-2-13(18)3-5-14/h2-5,10H,6-9,11H2,1H3,(H,19,23). The number of nitrogens with one attached hydrogen (secondary N) is 1. The molecule has 1 aliphatic heterocycles. The van der Waals surface area contributed by atoms with Gasteiger partial charge in [-0.2, -0.15) is 0 Å². The Morgan fingerprint density at radius 2 is 1.88 bits per heavy atom. The summed E-state index contributed by atoms with van der Waals surface area (Å²) in [4.78, 5) is 28.0. The first-order valence-corrected chi connectivity index (χ1v) is 8.01. The number of benzene rings is 1. The first kappa shape index (κ1) is 17.1. The van der Waals surface area contributed by atoms with Gasteiger partial charge in [0.2, 0.25) is 5.91 Å². The van der Waals surface area contributed by atoms with Gasteiger partial charge >= 0.3 is 0 Å². The predicted octanol–water partition coefficient (Wildman–Crippen LogP) is 1.52. The molecule has 2 amide bonds. The Balaban J connectivity index is 1.46.